The Bertz CT molecular complexity index is 923. The highest BCUT2D eigenvalue weighted by Gasteiger charge is 2.18. The summed E-state index contributed by atoms with van der Waals surface area (Å²) < 4.78 is 0. The summed E-state index contributed by atoms with van der Waals surface area (Å²) in [6.07, 6.45) is 8.99. The summed E-state index contributed by atoms with van der Waals surface area (Å²) >= 11 is 13.0. The second kappa shape index (κ2) is 10.7. The fourth-order valence-corrected chi connectivity index (χ4v) is 5.20. The molecule has 1 aliphatic carbocycles. The van der Waals surface area contributed by atoms with Crippen molar-refractivity contribution in [2.24, 2.45) is 0 Å². The van der Waals surface area contributed by atoms with Gasteiger partial charge in [0, 0.05) is 12.6 Å². The zero-order valence-corrected chi connectivity index (χ0v) is 19.4. The smallest absolute Gasteiger partial charge is 0.253 e. The molecule has 1 amide bonds. The monoisotopic (exact) mass is 459 g/mol. The minimum absolute atomic E-state index is 0.0691. The first-order valence-electron chi connectivity index (χ1n) is 11.5. The summed E-state index contributed by atoms with van der Waals surface area (Å²) in [5.74, 6) is -0.0691. The first-order valence-corrected chi connectivity index (χ1v) is 12.2. The highest BCUT2D eigenvalue weighted by atomic mass is 35.5. The first-order chi connectivity index (χ1) is 15.1. The zero-order chi connectivity index (χ0) is 21.6. The van der Waals surface area contributed by atoms with Crippen molar-refractivity contribution in [1.29, 1.82) is 0 Å². The Hall–Kier alpha value is -1.75. The van der Waals surface area contributed by atoms with Gasteiger partial charge in [0.05, 0.1) is 21.3 Å². The third-order valence-corrected chi connectivity index (χ3v) is 7.05. The van der Waals surface area contributed by atoms with Crippen molar-refractivity contribution >= 4 is 34.8 Å². The van der Waals surface area contributed by atoms with Gasteiger partial charge in [0.1, 0.15) is 0 Å². The van der Waals surface area contributed by atoms with Crippen LogP contribution in [-0.4, -0.2) is 25.0 Å². The third kappa shape index (κ3) is 5.74. The molecule has 0 aromatic heterocycles. The van der Waals surface area contributed by atoms with Crippen LogP contribution in [0.15, 0.2) is 30.3 Å². The van der Waals surface area contributed by atoms with E-state index in [1.165, 1.54) is 36.8 Å². The van der Waals surface area contributed by atoms with Gasteiger partial charge in [-0.05, 0) is 73.7 Å². The summed E-state index contributed by atoms with van der Waals surface area (Å²) in [5, 5.41) is 11.4. The Morgan fingerprint density at radius 1 is 0.968 bits per heavy atom. The zero-order valence-electron chi connectivity index (χ0n) is 17.9. The second-order valence-electron chi connectivity index (χ2n) is 8.64. The SMILES string of the molecule is O=C(NC1CCCCCC1)c1ccc(CNc2c(Cl)ccc3c2CCNCC3)cc1Cl. The normalized spacial score (nSPS) is 17.4. The van der Waals surface area contributed by atoms with Gasteiger partial charge in [-0.25, -0.2) is 0 Å². The van der Waals surface area contributed by atoms with E-state index in [1.54, 1.807) is 0 Å². The van der Waals surface area contributed by atoms with Crippen molar-refractivity contribution in [2.45, 2.75) is 64.0 Å². The maximum absolute atomic E-state index is 12.7. The quantitative estimate of drug-likeness (QED) is 0.499. The second-order valence-corrected chi connectivity index (χ2v) is 9.45. The van der Waals surface area contributed by atoms with Crippen molar-refractivity contribution in [3.63, 3.8) is 0 Å². The third-order valence-electron chi connectivity index (χ3n) is 6.42. The number of benzene rings is 2. The van der Waals surface area contributed by atoms with E-state index < -0.39 is 0 Å². The van der Waals surface area contributed by atoms with Crippen LogP contribution in [-0.2, 0) is 19.4 Å². The van der Waals surface area contributed by atoms with Crippen molar-refractivity contribution in [3.8, 4) is 0 Å². The number of carbonyl (C=O) groups excluding carboxylic acids is 1. The maximum atomic E-state index is 12.7. The molecule has 1 saturated carbocycles. The molecule has 1 aliphatic heterocycles. The topological polar surface area (TPSA) is 53.2 Å². The minimum atomic E-state index is -0.0691. The molecule has 6 heteroatoms. The average Bonchev–Trinajstić information content (AvgIpc) is 3.16. The predicted octanol–water partition coefficient (Wildman–Crippen LogP) is 5.75. The number of fused-ring (bicyclic) bond motifs is 1. The van der Waals surface area contributed by atoms with E-state index >= 15 is 0 Å². The van der Waals surface area contributed by atoms with Crippen LogP contribution in [0.2, 0.25) is 10.0 Å². The summed E-state index contributed by atoms with van der Waals surface area (Å²) in [6.45, 7) is 2.56. The highest BCUT2D eigenvalue weighted by Crippen LogP contribution is 2.31. The molecule has 0 saturated heterocycles. The summed E-state index contributed by atoms with van der Waals surface area (Å²) in [7, 11) is 0. The lowest BCUT2D eigenvalue weighted by Crippen LogP contribution is -2.34. The molecule has 1 fully saturated rings. The minimum Gasteiger partial charge on any atom is -0.380 e. The summed E-state index contributed by atoms with van der Waals surface area (Å²) in [6, 6.07) is 10.1. The largest absolute Gasteiger partial charge is 0.380 e. The molecule has 0 radical (unpaired) electrons. The van der Waals surface area contributed by atoms with Crippen molar-refractivity contribution in [1.82, 2.24) is 10.6 Å². The van der Waals surface area contributed by atoms with E-state index in [1.807, 2.05) is 24.3 Å². The van der Waals surface area contributed by atoms with E-state index in [2.05, 4.69) is 22.0 Å². The number of rotatable bonds is 5. The lowest BCUT2D eigenvalue weighted by molar-refractivity contribution is 0.0933. The Balaban J connectivity index is 1.43. The van der Waals surface area contributed by atoms with Gasteiger partial charge in [-0.3, -0.25) is 4.79 Å². The predicted molar refractivity (Wildman–Crippen MR) is 129 cm³/mol. The van der Waals surface area contributed by atoms with Crippen molar-refractivity contribution < 1.29 is 4.79 Å². The summed E-state index contributed by atoms with van der Waals surface area (Å²) in [5.41, 5.74) is 5.22. The van der Waals surface area contributed by atoms with Gasteiger partial charge in [0.15, 0.2) is 0 Å². The van der Waals surface area contributed by atoms with Gasteiger partial charge in [-0.2, -0.15) is 0 Å². The Morgan fingerprint density at radius 2 is 1.74 bits per heavy atom. The highest BCUT2D eigenvalue weighted by molar-refractivity contribution is 6.34. The van der Waals surface area contributed by atoms with E-state index in [9.17, 15) is 4.79 Å². The molecule has 2 aromatic rings. The van der Waals surface area contributed by atoms with Gasteiger partial charge in [0.25, 0.3) is 5.91 Å². The van der Waals surface area contributed by atoms with Gasteiger partial charge < -0.3 is 16.0 Å². The molecular formula is C25H31Cl2N3O. The van der Waals surface area contributed by atoms with E-state index in [4.69, 9.17) is 23.2 Å². The molecular weight excluding hydrogens is 429 g/mol. The van der Waals surface area contributed by atoms with Crippen LogP contribution < -0.4 is 16.0 Å². The first kappa shape index (κ1) is 22.4. The van der Waals surface area contributed by atoms with Crippen LogP contribution >= 0.6 is 23.2 Å². The lowest BCUT2D eigenvalue weighted by atomic mass is 10.0. The molecule has 4 nitrogen and oxygen atoms in total. The molecule has 3 N–H and O–H groups in total. The van der Waals surface area contributed by atoms with Crippen LogP contribution in [0.4, 0.5) is 5.69 Å². The Kier molecular flexibility index (Phi) is 7.76. The lowest BCUT2D eigenvalue weighted by Gasteiger charge is -2.18. The number of carbonyl (C=O) groups is 1. The average molecular weight is 460 g/mol. The molecule has 2 aliphatic rings. The van der Waals surface area contributed by atoms with Crippen molar-refractivity contribution in [3.05, 3.63) is 62.6 Å². The van der Waals surface area contributed by atoms with E-state index in [-0.39, 0.29) is 11.9 Å². The maximum Gasteiger partial charge on any atom is 0.253 e. The van der Waals surface area contributed by atoms with Gasteiger partial charge in [-0.1, -0.05) is 61.0 Å². The molecule has 0 spiro atoms. The number of amides is 1. The van der Waals surface area contributed by atoms with Crippen LogP contribution in [0.3, 0.4) is 0 Å². The van der Waals surface area contributed by atoms with E-state index in [0.717, 1.165) is 55.0 Å². The van der Waals surface area contributed by atoms with Crippen LogP contribution in [0.25, 0.3) is 0 Å². The molecule has 0 bridgehead atoms. The number of hydrogen-bond acceptors (Lipinski definition) is 3. The number of halogens is 2. The van der Waals surface area contributed by atoms with Crippen LogP contribution in [0.1, 0.15) is 65.6 Å². The Morgan fingerprint density at radius 3 is 2.52 bits per heavy atom. The molecule has 0 unspecified atom stereocenters. The van der Waals surface area contributed by atoms with Crippen LogP contribution in [0, 0.1) is 0 Å². The molecule has 31 heavy (non-hydrogen) atoms. The van der Waals surface area contributed by atoms with E-state index in [0.29, 0.717) is 17.1 Å². The molecule has 166 valence electrons. The van der Waals surface area contributed by atoms with Gasteiger partial charge in [0.2, 0.25) is 0 Å². The van der Waals surface area contributed by atoms with Crippen LogP contribution in [0.5, 0.6) is 0 Å². The van der Waals surface area contributed by atoms with Crippen molar-refractivity contribution in [2.75, 3.05) is 18.4 Å². The molecule has 1 heterocycles. The van der Waals surface area contributed by atoms with Gasteiger partial charge >= 0.3 is 0 Å². The number of hydrogen-bond donors (Lipinski definition) is 3. The fourth-order valence-electron chi connectivity index (χ4n) is 4.66. The molecule has 2 aromatic carbocycles. The standard InChI is InChI=1S/C25H31Cl2N3O/c26-22-10-8-18-11-13-28-14-12-20(18)24(22)29-16-17-7-9-21(23(27)15-17)25(31)30-19-5-3-1-2-4-6-19/h7-10,15,19,28-29H,1-6,11-14,16H2,(H,30,31). The molecule has 0 atom stereocenters. The summed E-state index contributed by atoms with van der Waals surface area (Å²) in [4.78, 5) is 12.7. The fraction of sp³-hybridized carbons (Fsp3) is 0.480. The van der Waals surface area contributed by atoms with Gasteiger partial charge in [-0.15, -0.1) is 0 Å². The number of nitrogens with one attached hydrogen (secondary N) is 3. The Labute approximate surface area is 195 Å². The molecule has 4 rings (SSSR count). The number of anilines is 1.